The first kappa shape index (κ1) is 24.9. The maximum atomic E-state index is 13.0. The summed E-state index contributed by atoms with van der Waals surface area (Å²) in [7, 11) is 3.28. The minimum Gasteiger partial charge on any atom is -0.494 e. The summed E-state index contributed by atoms with van der Waals surface area (Å²) in [5, 5.41) is 0.965. The zero-order chi connectivity index (χ0) is 25.8. The van der Waals surface area contributed by atoms with Gasteiger partial charge < -0.3 is 28.9 Å². The summed E-state index contributed by atoms with van der Waals surface area (Å²) in [4.78, 5) is 29.3. The number of carbonyl (C=O) groups excluding carboxylic acids is 1. The van der Waals surface area contributed by atoms with Crippen molar-refractivity contribution in [1.29, 1.82) is 0 Å². The van der Waals surface area contributed by atoms with E-state index >= 15 is 0 Å². The van der Waals surface area contributed by atoms with E-state index in [0.29, 0.717) is 56.7 Å². The number of carbonyl (C=O) groups is 1. The normalized spacial score (nSPS) is 15.8. The quantitative estimate of drug-likeness (QED) is 0.460. The van der Waals surface area contributed by atoms with Gasteiger partial charge in [0.15, 0.2) is 11.5 Å². The Morgan fingerprint density at radius 3 is 2.19 bits per heavy atom. The summed E-state index contributed by atoms with van der Waals surface area (Å²) in [5.74, 6) is 3.92. The van der Waals surface area contributed by atoms with Gasteiger partial charge >= 0.3 is 0 Å². The summed E-state index contributed by atoms with van der Waals surface area (Å²) >= 11 is 0. The van der Waals surface area contributed by atoms with Crippen molar-refractivity contribution in [1.82, 2.24) is 14.9 Å². The third-order valence-electron chi connectivity index (χ3n) is 7.08. The lowest BCUT2D eigenvalue weighted by Gasteiger charge is -2.35. The molecule has 2 aliphatic heterocycles. The number of hydrogen-bond donors (Lipinski definition) is 0. The molecule has 1 aromatic heterocycles. The third kappa shape index (κ3) is 5.35. The zero-order valence-corrected chi connectivity index (χ0v) is 21.9. The van der Waals surface area contributed by atoms with Crippen LogP contribution in [0.25, 0.3) is 10.9 Å². The van der Waals surface area contributed by atoms with Crippen molar-refractivity contribution in [3.8, 4) is 17.2 Å². The van der Waals surface area contributed by atoms with Gasteiger partial charge in [0.05, 0.1) is 32.8 Å². The van der Waals surface area contributed by atoms with Crippen molar-refractivity contribution in [2.45, 2.75) is 26.2 Å². The lowest BCUT2D eigenvalue weighted by molar-refractivity contribution is -0.130. The van der Waals surface area contributed by atoms with Crippen molar-refractivity contribution in [2.24, 2.45) is 0 Å². The summed E-state index contributed by atoms with van der Waals surface area (Å²) < 4.78 is 16.6. The Bertz CT molecular complexity index is 1240. The largest absolute Gasteiger partial charge is 0.494 e. The minimum atomic E-state index is 0.137. The van der Waals surface area contributed by atoms with Crippen LogP contribution in [0.3, 0.4) is 0 Å². The number of fused-ring (bicyclic) bond motifs is 1. The summed E-state index contributed by atoms with van der Waals surface area (Å²) in [5.41, 5.74) is 1.83. The van der Waals surface area contributed by atoms with E-state index in [1.54, 1.807) is 14.2 Å². The molecule has 5 rings (SSSR count). The molecule has 0 spiro atoms. The fourth-order valence-electron chi connectivity index (χ4n) is 5.05. The van der Waals surface area contributed by atoms with Crippen LogP contribution >= 0.6 is 0 Å². The van der Waals surface area contributed by atoms with Crippen molar-refractivity contribution < 1.29 is 19.0 Å². The van der Waals surface area contributed by atoms with Gasteiger partial charge in [0.25, 0.3) is 0 Å². The molecule has 1 amide bonds. The second kappa shape index (κ2) is 11.1. The maximum Gasteiger partial charge on any atom is 0.228 e. The number of piperazine rings is 1. The van der Waals surface area contributed by atoms with Crippen LogP contribution in [0, 0.1) is 0 Å². The first-order valence-corrected chi connectivity index (χ1v) is 13.0. The van der Waals surface area contributed by atoms with Crippen molar-refractivity contribution >= 4 is 28.6 Å². The molecule has 196 valence electrons. The highest BCUT2D eigenvalue weighted by atomic mass is 16.5. The third-order valence-corrected chi connectivity index (χ3v) is 7.08. The molecular weight excluding hydrogens is 470 g/mol. The van der Waals surface area contributed by atoms with Crippen molar-refractivity contribution in [2.75, 3.05) is 69.9 Å². The van der Waals surface area contributed by atoms with E-state index in [-0.39, 0.29) is 5.91 Å². The zero-order valence-electron chi connectivity index (χ0n) is 21.9. The number of benzene rings is 2. The Balaban J connectivity index is 1.32. The molecule has 0 atom stereocenters. The van der Waals surface area contributed by atoms with Crippen LogP contribution in [-0.4, -0.2) is 80.9 Å². The molecule has 2 aromatic carbocycles. The Morgan fingerprint density at radius 1 is 0.865 bits per heavy atom. The molecule has 2 fully saturated rings. The minimum absolute atomic E-state index is 0.137. The highest BCUT2D eigenvalue weighted by Crippen LogP contribution is 2.37. The van der Waals surface area contributed by atoms with Crippen LogP contribution < -0.4 is 24.0 Å². The number of methoxy groups -OCH3 is 2. The molecule has 0 bridgehead atoms. The van der Waals surface area contributed by atoms with Crippen LogP contribution in [0.2, 0.25) is 0 Å². The van der Waals surface area contributed by atoms with E-state index in [0.717, 1.165) is 54.0 Å². The standard InChI is InChI=1S/C28H35N5O4/c1-4-37-21-9-7-20(8-10-21)17-26(34)31-13-15-33(16-14-31)28-29-23-19-25(36-3)24(35-2)18-22(23)27(30-28)32-11-5-6-12-32/h7-10,18-19H,4-6,11-17H2,1-3H3. The molecule has 3 heterocycles. The Labute approximate surface area is 217 Å². The molecule has 2 saturated heterocycles. The first-order chi connectivity index (χ1) is 18.1. The fraction of sp³-hybridized carbons (Fsp3) is 0.464. The average molecular weight is 506 g/mol. The number of ether oxygens (including phenoxy) is 3. The molecular formula is C28H35N5O4. The Kier molecular flexibility index (Phi) is 7.48. The molecule has 0 aliphatic carbocycles. The molecule has 9 nitrogen and oxygen atoms in total. The second-order valence-corrected chi connectivity index (χ2v) is 9.39. The molecule has 3 aromatic rings. The predicted octanol–water partition coefficient (Wildman–Crippen LogP) is 3.54. The molecule has 37 heavy (non-hydrogen) atoms. The van der Waals surface area contributed by atoms with Gasteiger partial charge in [0.2, 0.25) is 11.9 Å². The number of amides is 1. The van der Waals surface area contributed by atoms with Gasteiger partial charge in [0, 0.05) is 50.7 Å². The van der Waals surface area contributed by atoms with Crippen LogP contribution in [0.15, 0.2) is 36.4 Å². The molecule has 9 heteroatoms. The van der Waals surface area contributed by atoms with Gasteiger partial charge in [-0.25, -0.2) is 4.98 Å². The van der Waals surface area contributed by atoms with Gasteiger partial charge in [-0.1, -0.05) is 12.1 Å². The number of anilines is 2. The molecule has 0 N–H and O–H groups in total. The van der Waals surface area contributed by atoms with Gasteiger partial charge in [-0.3, -0.25) is 4.79 Å². The van der Waals surface area contributed by atoms with Gasteiger partial charge in [0.1, 0.15) is 11.6 Å². The molecule has 2 aliphatic rings. The topological polar surface area (TPSA) is 80.3 Å². The van der Waals surface area contributed by atoms with Gasteiger partial charge in [-0.05, 0) is 43.5 Å². The summed E-state index contributed by atoms with van der Waals surface area (Å²) in [6.07, 6.45) is 2.70. The van der Waals surface area contributed by atoms with Crippen molar-refractivity contribution in [3.63, 3.8) is 0 Å². The van der Waals surface area contributed by atoms with Crippen molar-refractivity contribution in [3.05, 3.63) is 42.0 Å². The number of rotatable bonds is 8. The SMILES string of the molecule is CCOc1ccc(CC(=O)N2CCN(c3nc(N4CCCC4)c4cc(OC)c(OC)cc4n3)CC2)cc1. The van der Waals surface area contributed by atoms with Crippen LogP contribution in [0.4, 0.5) is 11.8 Å². The average Bonchev–Trinajstić information content (AvgIpc) is 3.48. The molecule has 0 radical (unpaired) electrons. The number of aromatic nitrogens is 2. The lowest BCUT2D eigenvalue weighted by Crippen LogP contribution is -2.49. The highest BCUT2D eigenvalue weighted by molar-refractivity contribution is 5.93. The molecule has 0 unspecified atom stereocenters. The Morgan fingerprint density at radius 2 is 1.54 bits per heavy atom. The Hall–Kier alpha value is -3.75. The van der Waals surface area contributed by atoms with E-state index in [1.807, 2.05) is 48.2 Å². The second-order valence-electron chi connectivity index (χ2n) is 9.39. The predicted molar refractivity (Wildman–Crippen MR) is 144 cm³/mol. The van der Waals surface area contributed by atoms with Gasteiger partial charge in [-0.2, -0.15) is 4.98 Å². The van der Waals surface area contributed by atoms with E-state index in [9.17, 15) is 4.79 Å². The monoisotopic (exact) mass is 505 g/mol. The van der Waals surface area contributed by atoms with Crippen LogP contribution in [0.5, 0.6) is 17.2 Å². The lowest BCUT2D eigenvalue weighted by atomic mass is 10.1. The fourth-order valence-corrected chi connectivity index (χ4v) is 5.05. The van der Waals surface area contributed by atoms with E-state index in [4.69, 9.17) is 24.2 Å². The summed E-state index contributed by atoms with van der Waals surface area (Å²) in [6, 6.07) is 11.7. The van der Waals surface area contributed by atoms with E-state index in [1.165, 1.54) is 0 Å². The first-order valence-electron chi connectivity index (χ1n) is 13.0. The van der Waals surface area contributed by atoms with E-state index < -0.39 is 0 Å². The maximum absolute atomic E-state index is 13.0. The van der Waals surface area contributed by atoms with Crippen LogP contribution in [-0.2, 0) is 11.2 Å². The number of hydrogen-bond acceptors (Lipinski definition) is 8. The molecule has 0 saturated carbocycles. The highest BCUT2D eigenvalue weighted by Gasteiger charge is 2.26. The summed E-state index contributed by atoms with van der Waals surface area (Å²) in [6.45, 7) is 7.21. The smallest absolute Gasteiger partial charge is 0.228 e. The van der Waals surface area contributed by atoms with E-state index in [2.05, 4.69) is 9.80 Å². The van der Waals surface area contributed by atoms with Gasteiger partial charge in [-0.15, -0.1) is 0 Å². The number of nitrogens with zero attached hydrogens (tertiary/aromatic N) is 5. The van der Waals surface area contributed by atoms with Crippen LogP contribution in [0.1, 0.15) is 25.3 Å².